The van der Waals surface area contributed by atoms with Crippen molar-refractivity contribution >= 4 is 39.9 Å². The van der Waals surface area contributed by atoms with Crippen molar-refractivity contribution in [3.63, 3.8) is 0 Å². The van der Waals surface area contributed by atoms with Gasteiger partial charge in [-0.25, -0.2) is 0 Å². The third-order valence-electron chi connectivity index (χ3n) is 6.94. The molecule has 8 heteroatoms. The van der Waals surface area contributed by atoms with Gasteiger partial charge in [0.25, 0.3) is 11.8 Å². The number of ketones is 1. The molecule has 1 aromatic carbocycles. The van der Waals surface area contributed by atoms with Crippen molar-refractivity contribution in [1.29, 1.82) is 0 Å². The van der Waals surface area contributed by atoms with Crippen LogP contribution in [0.5, 0.6) is 5.75 Å². The SMILES string of the molecule is COc1cccc2cc(C(=O)N3CCC4(CCN(C(=O)c5ccc(C(C)=O)s5)CC4)C3)oc12. The third kappa shape index (κ3) is 3.93. The number of hydrogen-bond donors (Lipinski definition) is 0. The zero-order valence-electron chi connectivity index (χ0n) is 18.8. The van der Waals surface area contributed by atoms with E-state index in [9.17, 15) is 14.4 Å². The summed E-state index contributed by atoms with van der Waals surface area (Å²) in [7, 11) is 1.58. The van der Waals surface area contributed by atoms with Crippen molar-refractivity contribution in [3.8, 4) is 5.75 Å². The Morgan fingerprint density at radius 3 is 2.33 bits per heavy atom. The van der Waals surface area contributed by atoms with E-state index in [4.69, 9.17) is 9.15 Å². The Kier molecular flexibility index (Phi) is 5.48. The van der Waals surface area contributed by atoms with Gasteiger partial charge in [0.15, 0.2) is 22.9 Å². The maximum Gasteiger partial charge on any atom is 0.289 e. The van der Waals surface area contributed by atoms with Gasteiger partial charge >= 0.3 is 0 Å². The molecule has 0 saturated carbocycles. The van der Waals surface area contributed by atoms with Gasteiger partial charge in [-0.3, -0.25) is 14.4 Å². The number of carbonyl (C=O) groups is 3. The number of benzene rings is 1. The Labute approximate surface area is 195 Å². The number of hydrogen-bond acceptors (Lipinski definition) is 6. The third-order valence-corrected chi connectivity index (χ3v) is 8.11. The smallest absolute Gasteiger partial charge is 0.289 e. The van der Waals surface area contributed by atoms with Crippen LogP contribution in [0.15, 0.2) is 40.8 Å². The highest BCUT2D eigenvalue weighted by Crippen LogP contribution is 2.41. The van der Waals surface area contributed by atoms with Crippen molar-refractivity contribution in [2.45, 2.75) is 26.2 Å². The molecule has 2 fully saturated rings. The van der Waals surface area contributed by atoms with E-state index >= 15 is 0 Å². The van der Waals surface area contributed by atoms with Crippen LogP contribution >= 0.6 is 11.3 Å². The first-order valence-corrected chi connectivity index (χ1v) is 12.0. The fourth-order valence-corrected chi connectivity index (χ4v) is 5.83. The van der Waals surface area contributed by atoms with E-state index in [2.05, 4.69) is 0 Å². The molecule has 7 nitrogen and oxygen atoms in total. The summed E-state index contributed by atoms with van der Waals surface area (Å²) >= 11 is 1.26. The first-order chi connectivity index (χ1) is 15.9. The second-order valence-corrected chi connectivity index (χ2v) is 10.1. The molecule has 2 saturated heterocycles. The molecule has 0 radical (unpaired) electrons. The lowest BCUT2D eigenvalue weighted by molar-refractivity contribution is 0.0564. The first-order valence-electron chi connectivity index (χ1n) is 11.1. The number of carbonyl (C=O) groups excluding carboxylic acids is 3. The first kappa shape index (κ1) is 21.7. The van der Waals surface area contributed by atoms with E-state index < -0.39 is 0 Å². The van der Waals surface area contributed by atoms with Gasteiger partial charge in [0.1, 0.15) is 0 Å². The zero-order valence-corrected chi connectivity index (χ0v) is 19.6. The number of para-hydroxylation sites is 1. The van der Waals surface area contributed by atoms with Crippen LogP contribution in [0.4, 0.5) is 0 Å². The number of Topliss-reactive ketones (excluding diaryl/α,β-unsaturated/α-hetero) is 1. The van der Waals surface area contributed by atoms with Gasteiger partial charge in [-0.15, -0.1) is 11.3 Å². The molecule has 2 amide bonds. The van der Waals surface area contributed by atoms with Gasteiger partial charge in [0.2, 0.25) is 0 Å². The number of ether oxygens (including phenoxy) is 1. The molecular formula is C25H26N2O5S. The van der Waals surface area contributed by atoms with E-state index in [1.165, 1.54) is 18.3 Å². The van der Waals surface area contributed by atoms with Crippen LogP contribution in [0, 0.1) is 5.41 Å². The molecule has 2 aliphatic rings. The topological polar surface area (TPSA) is 80.1 Å². The normalized spacial score (nSPS) is 17.6. The molecule has 0 N–H and O–H groups in total. The fraction of sp³-hybridized carbons (Fsp3) is 0.400. The maximum absolute atomic E-state index is 13.2. The number of fused-ring (bicyclic) bond motifs is 1. The molecule has 0 aliphatic carbocycles. The van der Waals surface area contributed by atoms with Gasteiger partial charge in [-0.05, 0) is 55.9 Å². The van der Waals surface area contributed by atoms with E-state index in [0.717, 1.165) is 24.6 Å². The van der Waals surface area contributed by atoms with Crippen LogP contribution in [-0.2, 0) is 0 Å². The summed E-state index contributed by atoms with van der Waals surface area (Å²) in [5, 5.41) is 0.847. The van der Waals surface area contributed by atoms with Gasteiger partial charge < -0.3 is 19.0 Å². The summed E-state index contributed by atoms with van der Waals surface area (Å²) in [6.45, 7) is 4.20. The Morgan fingerprint density at radius 1 is 0.970 bits per heavy atom. The molecule has 0 unspecified atom stereocenters. The molecule has 0 atom stereocenters. The van der Waals surface area contributed by atoms with Crippen LogP contribution < -0.4 is 4.74 Å². The minimum atomic E-state index is -0.0982. The number of piperidine rings is 1. The quantitative estimate of drug-likeness (QED) is 0.530. The molecule has 3 aromatic rings. The van der Waals surface area contributed by atoms with Crippen molar-refractivity contribution in [2.75, 3.05) is 33.3 Å². The highest BCUT2D eigenvalue weighted by Gasteiger charge is 2.43. The molecule has 33 heavy (non-hydrogen) atoms. The number of likely N-dealkylation sites (tertiary alicyclic amines) is 2. The summed E-state index contributed by atoms with van der Waals surface area (Å²) in [6.07, 6.45) is 2.65. The number of thiophene rings is 1. The van der Waals surface area contributed by atoms with Gasteiger partial charge in [-0.2, -0.15) is 0 Å². The molecule has 2 aromatic heterocycles. The van der Waals surface area contributed by atoms with Crippen molar-refractivity contribution in [3.05, 3.63) is 51.9 Å². The lowest BCUT2D eigenvalue weighted by atomic mass is 9.77. The molecule has 2 aliphatic heterocycles. The van der Waals surface area contributed by atoms with Crippen LogP contribution in [0.3, 0.4) is 0 Å². The summed E-state index contributed by atoms with van der Waals surface area (Å²) in [6, 6.07) is 10.8. The average molecular weight is 467 g/mol. The molecule has 1 spiro atoms. The standard InChI is InChI=1S/C25H26N2O5S/c1-16(28)20-6-7-21(33-20)24(30)26-11-8-25(9-12-26)10-13-27(15-25)23(29)19-14-17-4-3-5-18(31-2)22(17)32-19/h3-7,14H,8-13,15H2,1-2H3. The minimum absolute atomic E-state index is 0.00972. The van der Waals surface area contributed by atoms with Crippen molar-refractivity contribution < 1.29 is 23.5 Å². The molecule has 172 valence electrons. The number of amides is 2. The van der Waals surface area contributed by atoms with Gasteiger partial charge in [0.05, 0.1) is 16.9 Å². The van der Waals surface area contributed by atoms with Crippen LogP contribution in [0.25, 0.3) is 11.0 Å². The molecular weight excluding hydrogens is 440 g/mol. The van der Waals surface area contributed by atoms with Crippen LogP contribution in [-0.4, -0.2) is 60.7 Å². The fourth-order valence-electron chi connectivity index (χ4n) is 4.96. The van der Waals surface area contributed by atoms with E-state index in [1.807, 2.05) is 28.0 Å². The Bertz CT molecular complexity index is 1230. The summed E-state index contributed by atoms with van der Waals surface area (Å²) in [4.78, 5) is 42.5. The predicted molar refractivity (Wildman–Crippen MR) is 125 cm³/mol. The van der Waals surface area contributed by atoms with Crippen molar-refractivity contribution in [1.82, 2.24) is 9.80 Å². The Balaban J connectivity index is 1.23. The van der Waals surface area contributed by atoms with E-state index in [0.29, 0.717) is 53.0 Å². The Hall–Kier alpha value is -3.13. The second kappa shape index (κ2) is 8.33. The highest BCUT2D eigenvalue weighted by molar-refractivity contribution is 7.15. The van der Waals surface area contributed by atoms with Gasteiger partial charge in [0, 0.05) is 31.6 Å². The predicted octanol–water partition coefficient (Wildman–Crippen LogP) is 4.47. The molecule has 0 bridgehead atoms. The van der Waals surface area contributed by atoms with Gasteiger partial charge in [-0.1, -0.05) is 12.1 Å². The summed E-state index contributed by atoms with van der Waals surface area (Å²) in [5.74, 6) is 0.819. The largest absolute Gasteiger partial charge is 0.493 e. The zero-order chi connectivity index (χ0) is 23.2. The lowest BCUT2D eigenvalue weighted by Crippen LogP contribution is -2.44. The highest BCUT2D eigenvalue weighted by atomic mass is 32.1. The Morgan fingerprint density at radius 2 is 1.67 bits per heavy atom. The number of nitrogens with zero attached hydrogens (tertiary/aromatic N) is 2. The monoisotopic (exact) mass is 466 g/mol. The summed E-state index contributed by atoms with van der Waals surface area (Å²) < 4.78 is 11.2. The molecule has 5 rings (SSSR count). The van der Waals surface area contributed by atoms with Crippen LogP contribution in [0.2, 0.25) is 0 Å². The molecule has 4 heterocycles. The minimum Gasteiger partial charge on any atom is -0.493 e. The lowest BCUT2D eigenvalue weighted by Gasteiger charge is -2.39. The number of furan rings is 1. The second-order valence-electron chi connectivity index (χ2n) is 8.98. The summed E-state index contributed by atoms with van der Waals surface area (Å²) in [5.41, 5.74) is 0.626. The maximum atomic E-state index is 13.2. The van der Waals surface area contributed by atoms with Crippen molar-refractivity contribution in [2.24, 2.45) is 5.41 Å². The number of rotatable bonds is 4. The van der Waals surface area contributed by atoms with Crippen LogP contribution in [0.1, 0.15) is 56.1 Å². The number of methoxy groups -OCH3 is 1. The van der Waals surface area contributed by atoms with E-state index in [-0.39, 0.29) is 23.0 Å². The average Bonchev–Trinajstić information content (AvgIpc) is 3.57. The van der Waals surface area contributed by atoms with E-state index in [1.54, 1.807) is 25.3 Å².